The fourth-order valence-electron chi connectivity index (χ4n) is 3.83. The number of aliphatic imine (C=N–C) groups is 1. The Kier molecular flexibility index (Phi) is 6.26. The van der Waals surface area contributed by atoms with Crippen molar-refractivity contribution in [2.24, 2.45) is 4.99 Å². The first-order valence-electron chi connectivity index (χ1n) is 10.4. The summed E-state index contributed by atoms with van der Waals surface area (Å²) in [5.74, 6) is 1.07. The van der Waals surface area contributed by atoms with Gasteiger partial charge in [-0.3, -0.25) is 0 Å². The van der Waals surface area contributed by atoms with E-state index in [4.69, 9.17) is 9.73 Å². The van der Waals surface area contributed by atoms with Gasteiger partial charge in [0.25, 0.3) is 0 Å². The van der Waals surface area contributed by atoms with Gasteiger partial charge in [-0.1, -0.05) is 66.7 Å². The maximum atomic E-state index is 11.3. The molecule has 2 aromatic carbocycles. The predicted octanol–water partition coefficient (Wildman–Crippen LogP) is 5.16. The van der Waals surface area contributed by atoms with Crippen molar-refractivity contribution in [3.63, 3.8) is 0 Å². The molecular weight excluding hydrogens is 390 g/mol. The zero-order valence-corrected chi connectivity index (χ0v) is 17.4. The van der Waals surface area contributed by atoms with E-state index in [2.05, 4.69) is 4.98 Å². The second-order valence-corrected chi connectivity index (χ2v) is 7.62. The molecule has 6 nitrogen and oxygen atoms in total. The Morgan fingerprint density at radius 1 is 1.00 bits per heavy atom. The number of carbonyl (C=O) groups is 1. The lowest BCUT2D eigenvalue weighted by Gasteiger charge is -2.35. The van der Waals surface area contributed by atoms with E-state index in [9.17, 15) is 9.90 Å². The van der Waals surface area contributed by atoms with Gasteiger partial charge in [-0.15, -0.1) is 0 Å². The van der Waals surface area contributed by atoms with Crippen LogP contribution in [0.1, 0.15) is 30.9 Å². The zero-order valence-electron chi connectivity index (χ0n) is 17.4. The zero-order chi connectivity index (χ0) is 21.6. The van der Waals surface area contributed by atoms with Crippen LogP contribution < -0.4 is 4.74 Å². The van der Waals surface area contributed by atoms with E-state index in [1.165, 1.54) is 4.90 Å². The number of hydrogen-bond acceptors (Lipinski definition) is 4. The van der Waals surface area contributed by atoms with Gasteiger partial charge in [0.05, 0.1) is 5.71 Å². The monoisotopic (exact) mass is 415 g/mol. The van der Waals surface area contributed by atoms with Gasteiger partial charge in [0.15, 0.2) is 5.82 Å². The Labute approximate surface area is 181 Å². The van der Waals surface area contributed by atoms with Gasteiger partial charge in [-0.05, 0) is 13.0 Å². The summed E-state index contributed by atoms with van der Waals surface area (Å²) < 4.78 is 6.09. The average molecular weight is 415 g/mol. The molecule has 0 saturated carbocycles. The molecule has 2 heterocycles. The number of amides is 1. The van der Waals surface area contributed by atoms with E-state index in [0.717, 1.165) is 16.8 Å². The topological polar surface area (TPSA) is 75.0 Å². The summed E-state index contributed by atoms with van der Waals surface area (Å²) >= 11 is 0. The molecule has 1 fully saturated rings. The summed E-state index contributed by atoms with van der Waals surface area (Å²) in [6.07, 6.45) is 0.334. The molecule has 1 amide bonds. The molecule has 31 heavy (non-hydrogen) atoms. The minimum absolute atomic E-state index is 0.0694. The number of ether oxygens (including phenoxy) is 1. The predicted molar refractivity (Wildman–Crippen MR) is 120 cm³/mol. The molecule has 0 spiro atoms. The Morgan fingerprint density at radius 3 is 2.23 bits per heavy atom. The molecule has 1 aliphatic heterocycles. The number of benzene rings is 2. The minimum Gasteiger partial charge on any atom is -0.474 e. The molecule has 1 N–H and O–H groups in total. The molecule has 0 bridgehead atoms. The molecule has 1 saturated heterocycles. The first-order valence-corrected chi connectivity index (χ1v) is 10.4. The third kappa shape index (κ3) is 5.09. The van der Waals surface area contributed by atoms with E-state index < -0.39 is 6.09 Å². The molecule has 1 aliphatic rings. The molecule has 0 unspecified atom stereocenters. The summed E-state index contributed by atoms with van der Waals surface area (Å²) in [4.78, 5) is 22.2. The fraction of sp³-hybridized carbons (Fsp3) is 0.240. The number of aromatic nitrogens is 1. The van der Waals surface area contributed by atoms with Crippen molar-refractivity contribution in [1.82, 2.24) is 9.88 Å². The molecule has 0 radical (unpaired) electrons. The Bertz CT molecular complexity index is 1010. The smallest absolute Gasteiger partial charge is 0.407 e. The van der Waals surface area contributed by atoms with Crippen LogP contribution in [0.15, 0.2) is 83.9 Å². The van der Waals surface area contributed by atoms with Gasteiger partial charge in [0, 0.05) is 42.6 Å². The third-order valence-electron chi connectivity index (χ3n) is 5.39. The molecule has 1 aromatic heterocycles. The molecular formula is C25H25N3O3. The van der Waals surface area contributed by atoms with Crippen LogP contribution in [0.2, 0.25) is 0 Å². The summed E-state index contributed by atoms with van der Waals surface area (Å²) in [7, 11) is 0. The maximum absolute atomic E-state index is 11.3. The van der Waals surface area contributed by atoms with Crippen LogP contribution in [0, 0.1) is 0 Å². The normalized spacial score (nSPS) is 18.3. The lowest BCUT2D eigenvalue weighted by atomic mass is 10.0. The SMILES string of the molecule is C[C@@H]1C[C@H](Oc2cccc(N=C(c3ccccc3)c3ccccc3)n2)CCN1C(=O)O. The van der Waals surface area contributed by atoms with Crippen LogP contribution in [0.5, 0.6) is 5.88 Å². The number of pyridine rings is 1. The standard InChI is InChI=1S/C25H25N3O3/c1-18-17-21(15-16-28(18)25(29)30)31-23-14-8-13-22(26-23)27-24(19-9-4-2-5-10-19)20-11-6-3-7-12-20/h2-14,18,21H,15-17H2,1H3,(H,29,30)/t18-,21-/m1/s1. The Morgan fingerprint density at radius 2 is 1.65 bits per heavy atom. The second kappa shape index (κ2) is 9.43. The number of rotatable bonds is 5. The molecule has 6 heteroatoms. The van der Waals surface area contributed by atoms with Gasteiger partial charge in [-0.2, -0.15) is 4.98 Å². The van der Waals surface area contributed by atoms with Crippen LogP contribution in [-0.2, 0) is 0 Å². The van der Waals surface area contributed by atoms with Gasteiger partial charge in [0.1, 0.15) is 6.10 Å². The van der Waals surface area contributed by atoms with Crippen molar-refractivity contribution in [2.45, 2.75) is 31.9 Å². The third-order valence-corrected chi connectivity index (χ3v) is 5.39. The highest BCUT2D eigenvalue weighted by Gasteiger charge is 2.29. The highest BCUT2D eigenvalue weighted by atomic mass is 16.5. The van der Waals surface area contributed by atoms with Crippen LogP contribution in [0.4, 0.5) is 10.6 Å². The Balaban J connectivity index is 1.57. The number of piperidine rings is 1. The second-order valence-electron chi connectivity index (χ2n) is 7.62. The van der Waals surface area contributed by atoms with Gasteiger partial charge < -0.3 is 14.7 Å². The van der Waals surface area contributed by atoms with Gasteiger partial charge >= 0.3 is 6.09 Å². The van der Waals surface area contributed by atoms with Crippen molar-refractivity contribution in [3.05, 3.63) is 90.0 Å². The summed E-state index contributed by atoms with van der Waals surface area (Å²) in [5.41, 5.74) is 2.86. The average Bonchev–Trinajstić information content (AvgIpc) is 2.79. The van der Waals surface area contributed by atoms with Crippen LogP contribution in [-0.4, -0.2) is 45.5 Å². The summed E-state index contributed by atoms with van der Waals surface area (Å²) in [6.45, 7) is 2.37. The Hall–Kier alpha value is -3.67. The van der Waals surface area contributed by atoms with Gasteiger partial charge in [-0.25, -0.2) is 9.79 Å². The number of hydrogen-bond donors (Lipinski definition) is 1. The quantitative estimate of drug-likeness (QED) is 0.584. The van der Waals surface area contributed by atoms with Gasteiger partial charge in [0.2, 0.25) is 5.88 Å². The van der Waals surface area contributed by atoms with E-state index in [1.807, 2.05) is 85.8 Å². The van der Waals surface area contributed by atoms with Crippen LogP contribution in [0.3, 0.4) is 0 Å². The summed E-state index contributed by atoms with van der Waals surface area (Å²) in [5, 5.41) is 9.25. The van der Waals surface area contributed by atoms with E-state index in [1.54, 1.807) is 0 Å². The van der Waals surface area contributed by atoms with Crippen LogP contribution >= 0.6 is 0 Å². The molecule has 3 aromatic rings. The molecule has 2 atom stereocenters. The molecule has 0 aliphatic carbocycles. The van der Waals surface area contributed by atoms with Crippen molar-refractivity contribution < 1.29 is 14.6 Å². The maximum Gasteiger partial charge on any atom is 0.407 e. The van der Waals surface area contributed by atoms with Crippen molar-refractivity contribution in [3.8, 4) is 5.88 Å². The van der Waals surface area contributed by atoms with Crippen molar-refractivity contribution >= 4 is 17.6 Å². The van der Waals surface area contributed by atoms with E-state index in [0.29, 0.717) is 31.1 Å². The first-order chi connectivity index (χ1) is 15.1. The van der Waals surface area contributed by atoms with Crippen molar-refractivity contribution in [2.75, 3.05) is 6.54 Å². The van der Waals surface area contributed by atoms with Crippen molar-refractivity contribution in [1.29, 1.82) is 0 Å². The first kappa shape index (κ1) is 20.6. The highest BCUT2D eigenvalue weighted by Crippen LogP contribution is 2.24. The number of likely N-dealkylation sites (tertiary alicyclic amines) is 1. The largest absolute Gasteiger partial charge is 0.474 e. The van der Waals surface area contributed by atoms with E-state index in [-0.39, 0.29) is 12.1 Å². The lowest BCUT2D eigenvalue weighted by Crippen LogP contribution is -2.46. The number of nitrogens with zero attached hydrogens (tertiary/aromatic N) is 3. The molecule has 158 valence electrons. The van der Waals surface area contributed by atoms with E-state index >= 15 is 0 Å². The summed E-state index contributed by atoms with van der Waals surface area (Å²) in [6, 6.07) is 25.5. The minimum atomic E-state index is -0.880. The van der Waals surface area contributed by atoms with Crippen LogP contribution in [0.25, 0.3) is 0 Å². The molecule has 4 rings (SSSR count). The number of carboxylic acid groups (broad SMARTS) is 1. The fourth-order valence-corrected chi connectivity index (χ4v) is 3.83. The highest BCUT2D eigenvalue weighted by molar-refractivity contribution is 6.13. The lowest BCUT2D eigenvalue weighted by molar-refractivity contribution is 0.0585.